The van der Waals surface area contributed by atoms with Crippen molar-refractivity contribution in [3.05, 3.63) is 35.9 Å². The lowest BCUT2D eigenvalue weighted by molar-refractivity contribution is -0.177. The van der Waals surface area contributed by atoms with Crippen molar-refractivity contribution in [2.24, 2.45) is 0 Å². The van der Waals surface area contributed by atoms with Crippen molar-refractivity contribution in [2.45, 2.75) is 11.7 Å². The van der Waals surface area contributed by atoms with E-state index >= 15 is 0 Å². The lowest BCUT2D eigenvalue weighted by Gasteiger charge is -2.26. The van der Waals surface area contributed by atoms with Crippen molar-refractivity contribution in [3.63, 3.8) is 0 Å². The van der Waals surface area contributed by atoms with E-state index in [9.17, 15) is 24.6 Å². The minimum Gasteiger partial charge on any atom is -0.479 e. The summed E-state index contributed by atoms with van der Waals surface area (Å²) >= 11 is 0. The molecular weight excluding hydrogens is 256 g/mol. The second-order valence-corrected chi connectivity index (χ2v) is 3.69. The third kappa shape index (κ3) is 2.61. The number of carboxylic acids is 1. The van der Waals surface area contributed by atoms with Crippen LogP contribution in [0, 0.1) is 0 Å². The van der Waals surface area contributed by atoms with Gasteiger partial charge in [0, 0.05) is 5.56 Å². The number of benzene rings is 1. The second-order valence-electron chi connectivity index (χ2n) is 3.69. The van der Waals surface area contributed by atoms with E-state index in [1.165, 1.54) is 24.3 Å². The lowest BCUT2D eigenvalue weighted by Crippen LogP contribution is -2.59. The molecule has 0 radical (unpaired) electrons. The molecule has 0 unspecified atom stereocenters. The number of hydrogen-bond acceptors (Lipinski definition) is 6. The Labute approximate surface area is 108 Å². The van der Waals surface area contributed by atoms with E-state index < -0.39 is 29.4 Å². The molecule has 1 rings (SSSR count). The lowest BCUT2D eigenvalue weighted by atomic mass is 9.87. The maximum atomic E-state index is 12.0. The quantitative estimate of drug-likeness (QED) is 0.364. The topological polar surface area (TPSA) is 121 Å². The zero-order valence-electron chi connectivity index (χ0n) is 9.94. The summed E-state index contributed by atoms with van der Waals surface area (Å²) in [6.45, 7) is 0. The number of carboxylic acid groups (broad SMARTS) is 1. The molecule has 0 aliphatic heterocycles. The van der Waals surface area contributed by atoms with Crippen LogP contribution in [0.25, 0.3) is 0 Å². The molecule has 0 amide bonds. The molecule has 0 fully saturated rings. The summed E-state index contributed by atoms with van der Waals surface area (Å²) in [7, 11) is 0.861. The van der Waals surface area contributed by atoms with Gasteiger partial charge < -0.3 is 20.1 Å². The van der Waals surface area contributed by atoms with E-state index in [4.69, 9.17) is 5.11 Å². The minimum atomic E-state index is -3.19. The number of ketones is 1. The molecule has 7 heteroatoms. The predicted octanol–water partition coefficient (Wildman–Crippen LogP) is -0.781. The molecule has 0 aromatic heterocycles. The zero-order valence-corrected chi connectivity index (χ0v) is 9.94. The van der Waals surface area contributed by atoms with Gasteiger partial charge in [0.15, 0.2) is 6.10 Å². The highest BCUT2D eigenvalue weighted by atomic mass is 16.5. The van der Waals surface area contributed by atoms with Gasteiger partial charge in [-0.3, -0.25) is 4.79 Å². The molecule has 2 atom stereocenters. The first kappa shape index (κ1) is 14.8. The average molecular weight is 268 g/mol. The van der Waals surface area contributed by atoms with Crippen molar-refractivity contribution < 1.29 is 34.4 Å². The average Bonchev–Trinajstić information content (AvgIpc) is 2.44. The van der Waals surface area contributed by atoms with Gasteiger partial charge in [0.1, 0.15) is 0 Å². The fourth-order valence-electron chi connectivity index (χ4n) is 1.47. The van der Waals surface area contributed by atoms with Gasteiger partial charge in [0.05, 0.1) is 7.11 Å². The van der Waals surface area contributed by atoms with Gasteiger partial charge >= 0.3 is 11.9 Å². The third-order valence-corrected chi connectivity index (χ3v) is 2.51. The highest BCUT2D eigenvalue weighted by Gasteiger charge is 2.55. The Morgan fingerprint density at radius 2 is 1.74 bits per heavy atom. The molecule has 0 saturated carbocycles. The first-order valence-corrected chi connectivity index (χ1v) is 5.17. The van der Waals surface area contributed by atoms with E-state index in [-0.39, 0.29) is 5.56 Å². The van der Waals surface area contributed by atoms with Crippen LogP contribution in [0.1, 0.15) is 10.4 Å². The third-order valence-electron chi connectivity index (χ3n) is 2.51. The summed E-state index contributed by atoms with van der Waals surface area (Å²) in [6.07, 6.45) is -2.63. The van der Waals surface area contributed by atoms with Gasteiger partial charge in [-0.05, 0) is 0 Å². The molecule has 7 nitrogen and oxygen atoms in total. The number of ether oxygens (including phenoxy) is 1. The van der Waals surface area contributed by atoms with Crippen molar-refractivity contribution >= 4 is 17.7 Å². The van der Waals surface area contributed by atoms with Crippen molar-refractivity contribution in [1.29, 1.82) is 0 Å². The molecule has 1 aromatic rings. The first-order valence-electron chi connectivity index (χ1n) is 5.17. The monoisotopic (exact) mass is 268 g/mol. The number of Topliss-reactive ketones (excluding diaryl/α,β-unsaturated/α-hetero) is 1. The van der Waals surface area contributed by atoms with Crippen LogP contribution in [0.4, 0.5) is 0 Å². The maximum Gasteiger partial charge on any atom is 0.349 e. The number of aliphatic carboxylic acids is 1. The number of carbonyl (C=O) groups is 3. The highest BCUT2D eigenvalue weighted by Crippen LogP contribution is 2.20. The van der Waals surface area contributed by atoms with Crippen LogP contribution < -0.4 is 0 Å². The van der Waals surface area contributed by atoms with Gasteiger partial charge in [-0.15, -0.1) is 0 Å². The van der Waals surface area contributed by atoms with Crippen LogP contribution in [0.5, 0.6) is 0 Å². The van der Waals surface area contributed by atoms with E-state index in [0.717, 1.165) is 7.11 Å². The Morgan fingerprint density at radius 3 is 2.16 bits per heavy atom. The summed E-state index contributed by atoms with van der Waals surface area (Å²) < 4.78 is 4.20. The van der Waals surface area contributed by atoms with Crippen LogP contribution in [-0.4, -0.2) is 51.9 Å². The molecule has 102 valence electrons. The van der Waals surface area contributed by atoms with Crippen LogP contribution in [0.2, 0.25) is 0 Å². The molecule has 0 heterocycles. The Balaban J connectivity index is 3.29. The second kappa shape index (κ2) is 5.59. The first-order chi connectivity index (χ1) is 8.85. The number of aliphatic hydroxyl groups is 2. The molecule has 19 heavy (non-hydrogen) atoms. The maximum absolute atomic E-state index is 12.0. The standard InChI is InChI=1S/C12H12O7/c1-19-11(17)12(18,9(14)10(15)16)8(13)7-5-3-2-4-6-7/h2-6,9,14,18H,1H3,(H,15,16)/t9-,12+/m1/s1. The number of esters is 1. The highest BCUT2D eigenvalue weighted by molar-refractivity contribution is 6.18. The molecule has 1 aromatic carbocycles. The largest absolute Gasteiger partial charge is 0.479 e. The minimum absolute atomic E-state index is 0.129. The summed E-state index contributed by atoms with van der Waals surface area (Å²) in [5, 5.41) is 28.1. The van der Waals surface area contributed by atoms with Crippen molar-refractivity contribution in [2.75, 3.05) is 7.11 Å². The fourth-order valence-corrected chi connectivity index (χ4v) is 1.47. The number of hydrogen-bond donors (Lipinski definition) is 3. The van der Waals surface area contributed by atoms with Gasteiger partial charge in [0.2, 0.25) is 5.78 Å². The molecule has 0 saturated heterocycles. The Hall–Kier alpha value is -2.25. The summed E-state index contributed by atoms with van der Waals surface area (Å²) in [5.41, 5.74) is -3.32. The Morgan fingerprint density at radius 1 is 1.21 bits per heavy atom. The molecule has 0 bridgehead atoms. The number of aliphatic hydroxyl groups excluding tert-OH is 1. The molecular formula is C12H12O7. The molecule has 3 N–H and O–H groups in total. The SMILES string of the molecule is COC(=O)[C@](O)(C(=O)c1ccccc1)[C@H](O)C(=O)O. The van der Waals surface area contributed by atoms with Crippen LogP contribution in [0.3, 0.4) is 0 Å². The van der Waals surface area contributed by atoms with E-state index in [1.807, 2.05) is 0 Å². The van der Waals surface area contributed by atoms with Gasteiger partial charge in [-0.25, -0.2) is 9.59 Å². The van der Waals surface area contributed by atoms with Crippen LogP contribution >= 0.6 is 0 Å². The Kier molecular flexibility index (Phi) is 4.36. The van der Waals surface area contributed by atoms with Crippen LogP contribution in [0.15, 0.2) is 30.3 Å². The van der Waals surface area contributed by atoms with Gasteiger partial charge in [-0.2, -0.15) is 0 Å². The van der Waals surface area contributed by atoms with Crippen LogP contribution in [-0.2, 0) is 14.3 Å². The fraction of sp³-hybridized carbons (Fsp3) is 0.250. The van der Waals surface area contributed by atoms with Gasteiger partial charge in [-0.1, -0.05) is 30.3 Å². The van der Waals surface area contributed by atoms with E-state index in [1.54, 1.807) is 6.07 Å². The van der Waals surface area contributed by atoms with Crippen molar-refractivity contribution in [1.82, 2.24) is 0 Å². The normalized spacial score (nSPS) is 15.1. The van der Waals surface area contributed by atoms with Gasteiger partial charge in [0.25, 0.3) is 5.60 Å². The summed E-state index contributed by atoms with van der Waals surface area (Å²) in [4.78, 5) is 34.2. The van der Waals surface area contributed by atoms with E-state index in [0.29, 0.717) is 0 Å². The number of carbonyl (C=O) groups excluding carboxylic acids is 2. The number of rotatable bonds is 5. The molecule has 0 aliphatic carbocycles. The number of methoxy groups -OCH3 is 1. The summed E-state index contributed by atoms with van der Waals surface area (Å²) in [6, 6.07) is 7.04. The summed E-state index contributed by atoms with van der Waals surface area (Å²) in [5.74, 6) is -4.72. The Bertz CT molecular complexity index is 496. The molecule has 0 spiro atoms. The van der Waals surface area contributed by atoms with Crippen molar-refractivity contribution in [3.8, 4) is 0 Å². The molecule has 0 aliphatic rings. The predicted molar refractivity (Wildman–Crippen MR) is 61.4 cm³/mol. The smallest absolute Gasteiger partial charge is 0.349 e. The van der Waals surface area contributed by atoms with E-state index in [2.05, 4.69) is 4.74 Å². The zero-order chi connectivity index (χ0) is 14.6.